The lowest BCUT2D eigenvalue weighted by Crippen LogP contribution is -2.32. The Hall–Kier alpha value is -4.13. The van der Waals surface area contributed by atoms with E-state index in [-0.39, 0.29) is 48.3 Å². The Morgan fingerprint density at radius 2 is 1.72 bits per heavy atom. The minimum absolute atomic E-state index is 0.00415. The Labute approximate surface area is 184 Å². The molecule has 11 nitrogen and oxygen atoms in total. The van der Waals surface area contributed by atoms with Gasteiger partial charge in [0.25, 0.3) is 11.8 Å². The van der Waals surface area contributed by atoms with Gasteiger partial charge in [-0.25, -0.2) is 8.42 Å². The third-order valence-electron chi connectivity index (χ3n) is 4.23. The summed E-state index contributed by atoms with van der Waals surface area (Å²) in [6, 6.07) is 14.1. The van der Waals surface area contributed by atoms with Crippen molar-refractivity contribution >= 4 is 21.9 Å². The van der Waals surface area contributed by atoms with Crippen molar-refractivity contribution in [1.29, 1.82) is 10.5 Å². The van der Waals surface area contributed by atoms with E-state index in [4.69, 9.17) is 14.9 Å². The molecule has 2 aromatic heterocycles. The number of aromatic nitrogens is 3. The highest BCUT2D eigenvalue weighted by Crippen LogP contribution is 2.20. The lowest BCUT2D eigenvalue weighted by molar-refractivity contribution is 0.102. The van der Waals surface area contributed by atoms with E-state index < -0.39 is 15.9 Å². The van der Waals surface area contributed by atoms with Crippen molar-refractivity contribution in [3.63, 3.8) is 0 Å². The van der Waals surface area contributed by atoms with Crippen molar-refractivity contribution in [2.75, 3.05) is 18.4 Å². The fraction of sp³-hybridized carbons (Fsp3) is 0.200. The monoisotopic (exact) mass is 451 g/mol. The molecule has 0 atom stereocenters. The van der Waals surface area contributed by atoms with Crippen LogP contribution in [-0.4, -0.2) is 46.9 Å². The predicted octanol–water partition coefficient (Wildman–Crippen LogP) is 2.20. The number of nitriles is 2. The Balaban J connectivity index is 1.72. The van der Waals surface area contributed by atoms with Gasteiger partial charge in [-0.05, 0) is 36.4 Å². The van der Waals surface area contributed by atoms with Gasteiger partial charge >= 0.3 is 6.01 Å². The van der Waals surface area contributed by atoms with Crippen molar-refractivity contribution in [3.05, 3.63) is 54.2 Å². The Morgan fingerprint density at radius 1 is 1.03 bits per heavy atom. The van der Waals surface area contributed by atoms with E-state index >= 15 is 0 Å². The zero-order valence-corrected chi connectivity index (χ0v) is 17.5. The standard InChI is InChI=1S/C20H17N7O4S/c21-10-3-13-27(14-4-11-22)32(29,30)16-8-6-15(7-9-16)18(28)24-20-26-25-19(31-20)17-5-1-2-12-23-17/h1-2,5-9,12H,3-4,13-14H2,(H,24,26,28). The fourth-order valence-electron chi connectivity index (χ4n) is 2.66. The second-order valence-electron chi connectivity index (χ2n) is 6.33. The average molecular weight is 451 g/mol. The lowest BCUT2D eigenvalue weighted by Gasteiger charge is -2.20. The molecular weight excluding hydrogens is 434 g/mol. The molecule has 1 N–H and O–H groups in total. The molecule has 32 heavy (non-hydrogen) atoms. The molecule has 0 spiro atoms. The van der Waals surface area contributed by atoms with Crippen LogP contribution < -0.4 is 5.32 Å². The van der Waals surface area contributed by atoms with Gasteiger partial charge in [-0.1, -0.05) is 11.2 Å². The van der Waals surface area contributed by atoms with Gasteiger partial charge in [0, 0.05) is 37.7 Å². The average Bonchev–Trinajstić information content (AvgIpc) is 3.28. The maximum atomic E-state index is 12.8. The van der Waals surface area contributed by atoms with Gasteiger partial charge in [0.05, 0.1) is 17.0 Å². The van der Waals surface area contributed by atoms with Crippen molar-refractivity contribution in [2.45, 2.75) is 17.7 Å². The van der Waals surface area contributed by atoms with Crippen molar-refractivity contribution < 1.29 is 17.6 Å². The number of nitrogens with zero attached hydrogens (tertiary/aromatic N) is 6. The SMILES string of the molecule is N#CCCN(CCC#N)S(=O)(=O)c1ccc(C(=O)Nc2nnc(-c3ccccn3)o2)cc1. The number of pyridine rings is 1. The number of sulfonamides is 1. The highest BCUT2D eigenvalue weighted by molar-refractivity contribution is 7.89. The van der Waals surface area contributed by atoms with E-state index in [9.17, 15) is 13.2 Å². The summed E-state index contributed by atoms with van der Waals surface area (Å²) in [7, 11) is -3.92. The molecule has 0 bridgehead atoms. The Kier molecular flexibility index (Phi) is 7.23. The summed E-state index contributed by atoms with van der Waals surface area (Å²) in [4.78, 5) is 16.5. The molecule has 1 amide bonds. The molecule has 0 radical (unpaired) electrons. The maximum Gasteiger partial charge on any atom is 0.322 e. The molecular formula is C20H17N7O4S. The quantitative estimate of drug-likeness (QED) is 0.513. The van der Waals surface area contributed by atoms with E-state index in [0.717, 1.165) is 4.31 Å². The molecule has 0 fully saturated rings. The number of hydrogen-bond acceptors (Lipinski definition) is 9. The van der Waals surface area contributed by atoms with Crippen LogP contribution in [0.4, 0.5) is 6.01 Å². The molecule has 0 saturated carbocycles. The number of anilines is 1. The Bertz CT molecular complexity index is 1240. The molecule has 2 heterocycles. The highest BCUT2D eigenvalue weighted by Gasteiger charge is 2.24. The van der Waals surface area contributed by atoms with Gasteiger partial charge in [0.1, 0.15) is 5.69 Å². The number of benzene rings is 1. The molecule has 162 valence electrons. The number of carbonyl (C=O) groups excluding carboxylic acids is 1. The van der Waals surface area contributed by atoms with E-state index in [1.54, 1.807) is 24.4 Å². The first kappa shape index (κ1) is 22.6. The van der Waals surface area contributed by atoms with Gasteiger partial charge in [0.15, 0.2) is 0 Å². The number of carbonyl (C=O) groups is 1. The van der Waals surface area contributed by atoms with Crippen molar-refractivity contribution in [1.82, 2.24) is 19.5 Å². The fourth-order valence-corrected chi connectivity index (χ4v) is 4.11. The second kappa shape index (κ2) is 10.3. The summed E-state index contributed by atoms with van der Waals surface area (Å²) in [5.74, 6) is -0.437. The predicted molar refractivity (Wildman–Crippen MR) is 111 cm³/mol. The molecule has 12 heteroatoms. The number of amides is 1. The van der Waals surface area contributed by atoms with Gasteiger partial charge in [0.2, 0.25) is 10.0 Å². The van der Waals surface area contributed by atoms with Crippen molar-refractivity contribution in [3.8, 4) is 23.7 Å². The summed E-state index contributed by atoms with van der Waals surface area (Å²) in [5, 5.41) is 27.5. The number of hydrogen-bond donors (Lipinski definition) is 1. The third kappa shape index (κ3) is 5.31. The molecule has 3 aromatic rings. The topological polar surface area (TPSA) is 166 Å². The molecule has 0 aliphatic rings. The van der Waals surface area contributed by atoms with Gasteiger partial charge < -0.3 is 4.42 Å². The zero-order chi connectivity index (χ0) is 23.0. The molecule has 0 saturated heterocycles. The highest BCUT2D eigenvalue weighted by atomic mass is 32.2. The van der Waals surface area contributed by atoms with E-state index in [1.165, 1.54) is 24.3 Å². The normalized spacial score (nSPS) is 11.0. The van der Waals surface area contributed by atoms with Crippen LogP contribution in [0.3, 0.4) is 0 Å². The van der Waals surface area contributed by atoms with Crippen LogP contribution in [0, 0.1) is 22.7 Å². The van der Waals surface area contributed by atoms with E-state index in [0.29, 0.717) is 5.69 Å². The molecule has 1 aromatic carbocycles. The van der Waals surface area contributed by atoms with Crippen LogP contribution in [0.15, 0.2) is 58.0 Å². The maximum absolute atomic E-state index is 12.8. The minimum Gasteiger partial charge on any atom is -0.401 e. The zero-order valence-electron chi connectivity index (χ0n) is 16.7. The smallest absolute Gasteiger partial charge is 0.322 e. The third-order valence-corrected chi connectivity index (χ3v) is 6.14. The first-order chi connectivity index (χ1) is 15.5. The summed E-state index contributed by atoms with van der Waals surface area (Å²) < 4.78 is 32.1. The lowest BCUT2D eigenvalue weighted by atomic mass is 10.2. The minimum atomic E-state index is -3.92. The van der Waals surface area contributed by atoms with E-state index in [1.807, 2.05) is 12.1 Å². The molecule has 0 unspecified atom stereocenters. The molecule has 3 rings (SSSR count). The van der Waals surface area contributed by atoms with Gasteiger partial charge in [-0.2, -0.15) is 14.8 Å². The summed E-state index contributed by atoms with van der Waals surface area (Å²) in [6.45, 7) is -0.0585. The first-order valence-electron chi connectivity index (χ1n) is 9.36. The summed E-state index contributed by atoms with van der Waals surface area (Å²) >= 11 is 0. The number of rotatable bonds is 9. The van der Waals surface area contributed by atoms with Crippen LogP contribution in [0.5, 0.6) is 0 Å². The Morgan fingerprint density at radius 3 is 2.31 bits per heavy atom. The van der Waals surface area contributed by atoms with Gasteiger partial charge in [-0.3, -0.25) is 15.1 Å². The largest absolute Gasteiger partial charge is 0.401 e. The summed E-state index contributed by atoms with van der Waals surface area (Å²) in [5.41, 5.74) is 0.620. The molecule has 0 aliphatic carbocycles. The van der Waals surface area contributed by atoms with Gasteiger partial charge in [-0.15, -0.1) is 5.10 Å². The number of nitrogens with one attached hydrogen (secondary N) is 1. The first-order valence-corrected chi connectivity index (χ1v) is 10.8. The van der Waals surface area contributed by atoms with Crippen LogP contribution >= 0.6 is 0 Å². The molecule has 0 aliphatic heterocycles. The van der Waals surface area contributed by atoms with Crippen LogP contribution in [0.25, 0.3) is 11.6 Å². The van der Waals surface area contributed by atoms with Crippen LogP contribution in [-0.2, 0) is 10.0 Å². The van der Waals surface area contributed by atoms with Crippen LogP contribution in [0.1, 0.15) is 23.2 Å². The van der Waals surface area contributed by atoms with Crippen LogP contribution in [0.2, 0.25) is 0 Å². The van der Waals surface area contributed by atoms with E-state index in [2.05, 4.69) is 20.5 Å². The second-order valence-corrected chi connectivity index (χ2v) is 8.26. The summed E-state index contributed by atoms with van der Waals surface area (Å²) in [6.07, 6.45) is 1.56. The van der Waals surface area contributed by atoms with Crippen molar-refractivity contribution in [2.24, 2.45) is 0 Å².